The first-order valence-corrected chi connectivity index (χ1v) is 15.5. The maximum Gasteiger partial charge on any atom is 0.433 e. The van der Waals surface area contributed by atoms with Crippen LogP contribution in [0.3, 0.4) is 0 Å². The summed E-state index contributed by atoms with van der Waals surface area (Å²) in [5.74, 6) is -0.492. The number of nitrogens with zero attached hydrogens (tertiary/aromatic N) is 5. The summed E-state index contributed by atoms with van der Waals surface area (Å²) in [5, 5.41) is 20.7. The second-order valence-corrected chi connectivity index (χ2v) is 12.0. The highest BCUT2D eigenvalue weighted by Gasteiger charge is 2.38. The van der Waals surface area contributed by atoms with Gasteiger partial charge >= 0.3 is 6.18 Å². The van der Waals surface area contributed by atoms with E-state index in [-0.39, 0.29) is 35.1 Å². The number of rotatable bonds is 6. The topological polar surface area (TPSA) is 83.1 Å². The Morgan fingerprint density at radius 2 is 1.44 bits per heavy atom. The second-order valence-electron chi connectivity index (χ2n) is 12.0. The van der Waals surface area contributed by atoms with Crippen LogP contribution in [-0.2, 0) is 6.18 Å². The van der Waals surface area contributed by atoms with E-state index in [1.165, 1.54) is 17.1 Å². The molecule has 0 spiro atoms. The minimum Gasteiger partial charge on any atom is -0.508 e. The van der Waals surface area contributed by atoms with Gasteiger partial charge in [-0.25, -0.2) is 14.5 Å². The number of hydrogen-bond donors (Lipinski definition) is 1. The number of para-hydroxylation sites is 1. The summed E-state index contributed by atoms with van der Waals surface area (Å²) in [4.78, 5) is 18.6. The van der Waals surface area contributed by atoms with Crippen LogP contribution in [0.1, 0.15) is 65.1 Å². The normalized spacial score (nSPS) is 14.9. The largest absolute Gasteiger partial charge is 0.508 e. The number of fused-ring (bicyclic) bond motifs is 1. The van der Waals surface area contributed by atoms with Crippen LogP contribution < -0.4 is 0 Å². The van der Waals surface area contributed by atoms with Crippen LogP contribution >= 0.6 is 0 Å². The highest BCUT2D eigenvalue weighted by Crippen LogP contribution is 2.39. The molecule has 0 aliphatic carbocycles. The fourth-order valence-electron chi connectivity index (χ4n) is 5.95. The first kappa shape index (κ1) is 30.9. The molecule has 1 atom stereocenters. The molecule has 1 N–H and O–H groups in total. The van der Waals surface area contributed by atoms with Crippen molar-refractivity contribution < 1.29 is 23.1 Å². The Morgan fingerprint density at radius 3 is 2.10 bits per heavy atom. The average molecular weight is 646 g/mol. The monoisotopic (exact) mass is 645 g/mol. The second kappa shape index (κ2) is 12.1. The quantitative estimate of drug-likeness (QED) is 0.196. The number of aromatic nitrogens is 3. The van der Waals surface area contributed by atoms with E-state index in [4.69, 9.17) is 0 Å². The molecule has 7 nitrogen and oxygen atoms in total. The summed E-state index contributed by atoms with van der Waals surface area (Å²) in [6.07, 6.45) is -4.51. The van der Waals surface area contributed by atoms with Crippen LogP contribution in [0.25, 0.3) is 28.0 Å². The number of hydrazone groups is 1. The molecule has 1 aliphatic heterocycles. The highest BCUT2D eigenvalue weighted by atomic mass is 19.4. The first-order valence-electron chi connectivity index (χ1n) is 15.5. The Labute approximate surface area is 274 Å². The van der Waals surface area contributed by atoms with E-state index >= 15 is 0 Å². The zero-order valence-corrected chi connectivity index (χ0v) is 26.1. The fraction of sp³-hybridized carbons (Fsp3) is 0.158. The van der Waals surface area contributed by atoms with Gasteiger partial charge < -0.3 is 5.11 Å². The van der Waals surface area contributed by atoms with Gasteiger partial charge in [0.1, 0.15) is 5.75 Å². The smallest absolute Gasteiger partial charge is 0.433 e. The highest BCUT2D eigenvalue weighted by molar-refractivity contribution is 6.05. The maximum absolute atomic E-state index is 14.4. The van der Waals surface area contributed by atoms with Gasteiger partial charge in [-0.15, -0.1) is 0 Å². The minimum absolute atomic E-state index is 0.0275. The summed E-state index contributed by atoms with van der Waals surface area (Å²) >= 11 is 0. The lowest BCUT2D eigenvalue weighted by atomic mass is 9.96. The summed E-state index contributed by atoms with van der Waals surface area (Å²) in [6.45, 7) is 4.06. The lowest BCUT2D eigenvalue weighted by molar-refractivity contribution is -0.142. The Morgan fingerprint density at radius 1 is 0.812 bits per heavy atom. The number of phenolic OH excluding ortho intramolecular Hbond substituents is 1. The number of halogens is 3. The molecule has 0 bridgehead atoms. The molecule has 0 saturated carbocycles. The SMILES string of the molecule is CC(C)c1ccc(-c2cc(C(F)(F)F)n3nc(C(=O)N4N=C(c5ccc(-c6ccccc6)cc5)CC4c4ccccc4O)cc3n2)cc1. The van der Waals surface area contributed by atoms with Crippen molar-refractivity contribution in [3.05, 3.63) is 143 Å². The van der Waals surface area contributed by atoms with Gasteiger partial charge in [0.15, 0.2) is 17.0 Å². The van der Waals surface area contributed by atoms with Gasteiger partial charge in [0, 0.05) is 23.6 Å². The molecular formula is C38H30F3N5O2. The van der Waals surface area contributed by atoms with Crippen molar-refractivity contribution in [1.29, 1.82) is 0 Å². The number of phenols is 1. The van der Waals surface area contributed by atoms with Crippen LogP contribution in [0, 0.1) is 0 Å². The number of hydrogen-bond acceptors (Lipinski definition) is 5. The lowest BCUT2D eigenvalue weighted by Gasteiger charge is -2.21. The van der Waals surface area contributed by atoms with Crippen molar-refractivity contribution in [1.82, 2.24) is 19.6 Å². The van der Waals surface area contributed by atoms with E-state index in [0.29, 0.717) is 21.4 Å². The van der Waals surface area contributed by atoms with Crippen LogP contribution in [0.4, 0.5) is 13.2 Å². The van der Waals surface area contributed by atoms with Crippen LogP contribution in [0.5, 0.6) is 5.75 Å². The third-order valence-corrected chi connectivity index (χ3v) is 8.55. The molecule has 10 heteroatoms. The molecule has 0 fully saturated rings. The lowest BCUT2D eigenvalue weighted by Crippen LogP contribution is -2.27. The van der Waals surface area contributed by atoms with Crippen molar-refractivity contribution in [3.8, 4) is 28.1 Å². The third-order valence-electron chi connectivity index (χ3n) is 8.55. The van der Waals surface area contributed by atoms with E-state index in [1.54, 1.807) is 30.3 Å². The van der Waals surface area contributed by atoms with E-state index in [2.05, 4.69) is 15.2 Å². The number of benzene rings is 4. The molecule has 7 rings (SSSR count). The predicted octanol–water partition coefficient (Wildman–Crippen LogP) is 8.90. The standard InChI is InChI=1S/C38H30F3N5O2/c1-23(2)24-12-16-27(17-13-24)30-21-35(38(39,40)41)46-36(42-30)22-32(44-46)37(48)45-33(29-10-6-7-11-34(29)47)20-31(43-45)28-18-14-26(15-19-28)25-8-4-3-5-9-25/h3-19,21-23,33,47H,20H2,1-2H3. The van der Waals surface area contributed by atoms with Crippen molar-refractivity contribution in [2.45, 2.75) is 38.4 Å². The van der Waals surface area contributed by atoms with Gasteiger partial charge in [0.2, 0.25) is 0 Å². The number of carbonyl (C=O) groups excluding carboxylic acids is 1. The van der Waals surface area contributed by atoms with Gasteiger partial charge in [0.25, 0.3) is 5.91 Å². The Kier molecular flexibility index (Phi) is 7.79. The molecule has 3 heterocycles. The molecule has 48 heavy (non-hydrogen) atoms. The number of amides is 1. The van der Waals surface area contributed by atoms with Crippen LogP contribution in [-0.4, -0.2) is 36.3 Å². The maximum atomic E-state index is 14.4. The number of alkyl halides is 3. The zero-order valence-electron chi connectivity index (χ0n) is 26.1. The summed E-state index contributed by atoms with van der Waals surface area (Å²) in [5.41, 5.74) is 4.09. The summed E-state index contributed by atoms with van der Waals surface area (Å²) in [7, 11) is 0. The molecule has 2 aromatic heterocycles. The molecule has 6 aromatic rings. The number of carbonyl (C=O) groups is 1. The molecule has 0 saturated heterocycles. The molecule has 4 aromatic carbocycles. The van der Waals surface area contributed by atoms with Gasteiger partial charge in [-0.3, -0.25) is 4.79 Å². The van der Waals surface area contributed by atoms with E-state index in [1.807, 2.05) is 80.6 Å². The van der Waals surface area contributed by atoms with Gasteiger partial charge in [-0.1, -0.05) is 111 Å². The first-order chi connectivity index (χ1) is 23.1. The van der Waals surface area contributed by atoms with Crippen molar-refractivity contribution in [2.24, 2.45) is 5.10 Å². The van der Waals surface area contributed by atoms with Crippen molar-refractivity contribution >= 4 is 17.3 Å². The van der Waals surface area contributed by atoms with Crippen molar-refractivity contribution in [2.75, 3.05) is 0 Å². The van der Waals surface area contributed by atoms with Crippen LogP contribution in [0.2, 0.25) is 0 Å². The molecule has 1 aliphatic rings. The molecule has 1 unspecified atom stereocenters. The van der Waals surface area contributed by atoms with Gasteiger partial charge in [-0.05, 0) is 40.3 Å². The van der Waals surface area contributed by atoms with E-state index in [9.17, 15) is 23.1 Å². The van der Waals surface area contributed by atoms with Crippen LogP contribution in [0.15, 0.2) is 120 Å². The Hall–Kier alpha value is -5.77. The molecule has 1 amide bonds. The van der Waals surface area contributed by atoms with Gasteiger partial charge in [-0.2, -0.15) is 23.4 Å². The third kappa shape index (κ3) is 5.81. The predicted molar refractivity (Wildman–Crippen MR) is 178 cm³/mol. The molecular weight excluding hydrogens is 615 g/mol. The molecule has 0 radical (unpaired) electrons. The van der Waals surface area contributed by atoms with E-state index < -0.39 is 23.8 Å². The Balaban J connectivity index is 1.28. The van der Waals surface area contributed by atoms with E-state index in [0.717, 1.165) is 28.3 Å². The summed E-state index contributed by atoms with van der Waals surface area (Å²) < 4.78 is 43.7. The van der Waals surface area contributed by atoms with Gasteiger partial charge in [0.05, 0.1) is 17.4 Å². The average Bonchev–Trinajstić information content (AvgIpc) is 3.73. The minimum atomic E-state index is -4.77. The fourth-order valence-corrected chi connectivity index (χ4v) is 5.95. The van der Waals surface area contributed by atoms with Crippen molar-refractivity contribution in [3.63, 3.8) is 0 Å². The zero-order chi connectivity index (χ0) is 33.6. The Bertz CT molecular complexity index is 2160. The molecule has 240 valence electrons. The number of aromatic hydroxyl groups is 1. The summed E-state index contributed by atoms with van der Waals surface area (Å²) in [6, 6.07) is 32.9.